The van der Waals surface area contributed by atoms with Crippen LogP contribution in [0.25, 0.3) is 11.1 Å². The van der Waals surface area contributed by atoms with E-state index in [9.17, 15) is 4.79 Å². The summed E-state index contributed by atoms with van der Waals surface area (Å²) >= 11 is 6.25. The van der Waals surface area contributed by atoms with Crippen molar-refractivity contribution in [3.8, 4) is 17.2 Å². The van der Waals surface area contributed by atoms with Gasteiger partial charge in [0.2, 0.25) is 0 Å². The van der Waals surface area contributed by atoms with E-state index in [4.69, 9.17) is 27.7 Å². The Morgan fingerprint density at radius 2 is 2.09 bits per heavy atom. The molecule has 0 aromatic heterocycles. The standard InChI is InChI=1S/C17H15ClN2O2/c18-16-5-4-12(14(10-20)8-17(21)22)7-15(16)13-3-1-2-11(6-13)9-19/h1-7,14H,8,10,20H2,(H,21,22)/t14-/m1/s1. The number of benzene rings is 2. The zero-order valence-electron chi connectivity index (χ0n) is 11.8. The van der Waals surface area contributed by atoms with Gasteiger partial charge in [-0.15, -0.1) is 0 Å². The summed E-state index contributed by atoms with van der Waals surface area (Å²) in [6, 6.07) is 14.6. The van der Waals surface area contributed by atoms with E-state index in [1.165, 1.54) is 0 Å². The van der Waals surface area contributed by atoms with Crippen LogP contribution in [0, 0.1) is 11.3 Å². The first-order chi connectivity index (χ1) is 10.5. The predicted octanol–water partition coefficient (Wildman–Crippen LogP) is 3.40. The Hall–Kier alpha value is -2.35. The molecule has 0 amide bonds. The maximum absolute atomic E-state index is 10.9. The number of halogens is 1. The number of rotatable bonds is 5. The first kappa shape index (κ1) is 16.0. The molecule has 0 spiro atoms. The Labute approximate surface area is 133 Å². The van der Waals surface area contributed by atoms with Crippen molar-refractivity contribution in [2.24, 2.45) is 5.73 Å². The maximum Gasteiger partial charge on any atom is 0.304 e. The molecule has 0 bridgehead atoms. The first-order valence-electron chi connectivity index (χ1n) is 6.77. The van der Waals surface area contributed by atoms with Gasteiger partial charge in [0.15, 0.2) is 0 Å². The SMILES string of the molecule is N#Cc1cccc(-c2cc([C@@H](CN)CC(=O)O)ccc2Cl)c1. The van der Waals surface area contributed by atoms with Gasteiger partial charge in [-0.1, -0.05) is 29.8 Å². The maximum atomic E-state index is 10.9. The van der Waals surface area contributed by atoms with Crippen LogP contribution in [0.4, 0.5) is 0 Å². The summed E-state index contributed by atoms with van der Waals surface area (Å²) in [5.41, 5.74) is 8.63. The third-order valence-electron chi connectivity index (χ3n) is 3.47. The number of hydrogen-bond acceptors (Lipinski definition) is 3. The summed E-state index contributed by atoms with van der Waals surface area (Å²) in [6.07, 6.45) is -0.0319. The molecule has 2 rings (SSSR count). The molecule has 1 atom stereocenters. The fourth-order valence-corrected chi connectivity index (χ4v) is 2.55. The van der Waals surface area contributed by atoms with E-state index in [-0.39, 0.29) is 18.9 Å². The van der Waals surface area contributed by atoms with Crippen LogP contribution in [0.1, 0.15) is 23.5 Å². The lowest BCUT2D eigenvalue weighted by atomic mass is 9.92. The quantitative estimate of drug-likeness (QED) is 0.885. The molecule has 5 heteroatoms. The average Bonchev–Trinajstić information content (AvgIpc) is 2.53. The van der Waals surface area contributed by atoms with Crippen molar-refractivity contribution in [2.45, 2.75) is 12.3 Å². The molecule has 0 aliphatic rings. The Bertz CT molecular complexity index is 738. The zero-order valence-corrected chi connectivity index (χ0v) is 12.5. The van der Waals surface area contributed by atoms with E-state index in [0.717, 1.165) is 16.7 Å². The lowest BCUT2D eigenvalue weighted by Gasteiger charge is -2.15. The molecule has 0 saturated carbocycles. The Balaban J connectivity index is 2.46. The Morgan fingerprint density at radius 1 is 1.32 bits per heavy atom. The summed E-state index contributed by atoms with van der Waals surface area (Å²) in [5, 5.41) is 18.5. The highest BCUT2D eigenvalue weighted by Gasteiger charge is 2.16. The molecule has 0 aliphatic carbocycles. The number of carboxylic acids is 1. The molecule has 112 valence electrons. The minimum absolute atomic E-state index is 0.0319. The minimum Gasteiger partial charge on any atom is -0.481 e. The molecule has 0 aliphatic heterocycles. The number of hydrogen-bond donors (Lipinski definition) is 2. The number of carbonyl (C=O) groups is 1. The van der Waals surface area contributed by atoms with Gasteiger partial charge in [-0.3, -0.25) is 4.79 Å². The van der Waals surface area contributed by atoms with Crippen LogP contribution in [0.3, 0.4) is 0 Å². The van der Waals surface area contributed by atoms with E-state index >= 15 is 0 Å². The second-order valence-corrected chi connectivity index (χ2v) is 5.37. The normalized spacial score (nSPS) is 11.7. The molecule has 0 heterocycles. The molecule has 4 nitrogen and oxygen atoms in total. The summed E-state index contributed by atoms with van der Waals surface area (Å²) in [4.78, 5) is 10.9. The van der Waals surface area contributed by atoms with Crippen LogP contribution in [0.15, 0.2) is 42.5 Å². The smallest absolute Gasteiger partial charge is 0.304 e. The summed E-state index contributed by atoms with van der Waals surface area (Å²) in [6.45, 7) is 0.242. The molecule has 0 fully saturated rings. The van der Waals surface area contributed by atoms with Crippen LogP contribution in [-0.2, 0) is 4.79 Å². The van der Waals surface area contributed by atoms with E-state index in [1.54, 1.807) is 30.3 Å². The third kappa shape index (κ3) is 3.64. The van der Waals surface area contributed by atoms with Crippen LogP contribution in [0.5, 0.6) is 0 Å². The predicted molar refractivity (Wildman–Crippen MR) is 85.7 cm³/mol. The summed E-state index contributed by atoms with van der Waals surface area (Å²) in [7, 11) is 0. The number of carboxylic acid groups (broad SMARTS) is 1. The van der Waals surface area contributed by atoms with Gasteiger partial charge in [0.05, 0.1) is 18.1 Å². The lowest BCUT2D eigenvalue weighted by molar-refractivity contribution is -0.137. The van der Waals surface area contributed by atoms with Crippen molar-refractivity contribution in [1.29, 1.82) is 5.26 Å². The number of nitrogens with two attached hydrogens (primary N) is 1. The highest BCUT2D eigenvalue weighted by Crippen LogP contribution is 2.32. The third-order valence-corrected chi connectivity index (χ3v) is 3.80. The van der Waals surface area contributed by atoms with Crippen molar-refractivity contribution in [3.05, 3.63) is 58.6 Å². The van der Waals surface area contributed by atoms with E-state index < -0.39 is 5.97 Å². The second-order valence-electron chi connectivity index (χ2n) is 4.96. The van der Waals surface area contributed by atoms with Gasteiger partial charge < -0.3 is 10.8 Å². The van der Waals surface area contributed by atoms with Crippen molar-refractivity contribution < 1.29 is 9.90 Å². The highest BCUT2D eigenvalue weighted by atomic mass is 35.5. The molecule has 0 unspecified atom stereocenters. The van der Waals surface area contributed by atoms with Crippen molar-refractivity contribution in [2.75, 3.05) is 6.54 Å². The second kappa shape index (κ2) is 7.08. The van der Waals surface area contributed by atoms with Gasteiger partial charge in [0, 0.05) is 16.5 Å². The van der Waals surface area contributed by atoms with Gasteiger partial charge in [0.1, 0.15) is 0 Å². The highest BCUT2D eigenvalue weighted by molar-refractivity contribution is 6.33. The van der Waals surface area contributed by atoms with Gasteiger partial charge in [-0.25, -0.2) is 0 Å². The van der Waals surface area contributed by atoms with Crippen LogP contribution < -0.4 is 5.73 Å². The van der Waals surface area contributed by atoms with Crippen molar-refractivity contribution in [3.63, 3.8) is 0 Å². The Kier molecular flexibility index (Phi) is 5.16. The molecular weight excluding hydrogens is 300 g/mol. The number of nitrogens with zero attached hydrogens (tertiary/aromatic N) is 1. The van der Waals surface area contributed by atoms with E-state index in [2.05, 4.69) is 6.07 Å². The summed E-state index contributed by atoms with van der Waals surface area (Å²) < 4.78 is 0. The lowest BCUT2D eigenvalue weighted by Crippen LogP contribution is -2.16. The fourth-order valence-electron chi connectivity index (χ4n) is 2.32. The number of aliphatic carboxylic acids is 1. The van der Waals surface area contributed by atoms with Crippen molar-refractivity contribution in [1.82, 2.24) is 0 Å². The van der Waals surface area contributed by atoms with Gasteiger partial charge in [-0.05, 0) is 41.9 Å². The van der Waals surface area contributed by atoms with Gasteiger partial charge >= 0.3 is 5.97 Å². The first-order valence-corrected chi connectivity index (χ1v) is 7.14. The average molecular weight is 315 g/mol. The monoisotopic (exact) mass is 314 g/mol. The van der Waals surface area contributed by atoms with Crippen LogP contribution >= 0.6 is 11.6 Å². The topological polar surface area (TPSA) is 87.1 Å². The molecule has 22 heavy (non-hydrogen) atoms. The minimum atomic E-state index is -0.890. The molecule has 2 aromatic rings. The van der Waals surface area contributed by atoms with Crippen molar-refractivity contribution >= 4 is 17.6 Å². The van der Waals surface area contributed by atoms with E-state index in [0.29, 0.717) is 10.6 Å². The van der Waals surface area contributed by atoms with Crippen LogP contribution in [-0.4, -0.2) is 17.6 Å². The van der Waals surface area contributed by atoms with Crippen LogP contribution in [0.2, 0.25) is 5.02 Å². The molecule has 2 aromatic carbocycles. The Morgan fingerprint density at radius 3 is 2.73 bits per heavy atom. The molecular formula is C17H15ClN2O2. The summed E-state index contributed by atoms with van der Waals surface area (Å²) in [5.74, 6) is -1.16. The van der Waals surface area contributed by atoms with Gasteiger partial charge in [-0.2, -0.15) is 5.26 Å². The molecule has 3 N–H and O–H groups in total. The van der Waals surface area contributed by atoms with E-state index in [1.807, 2.05) is 12.1 Å². The van der Waals surface area contributed by atoms with Gasteiger partial charge in [0.25, 0.3) is 0 Å². The number of nitriles is 1. The largest absolute Gasteiger partial charge is 0.481 e. The fraction of sp³-hybridized carbons (Fsp3) is 0.176. The molecule has 0 saturated heterocycles. The molecule has 0 radical (unpaired) electrons. The zero-order chi connectivity index (χ0) is 16.1.